The number of carbonyl (C=O) groups is 1. The summed E-state index contributed by atoms with van der Waals surface area (Å²) in [4.78, 5) is 11.2. The lowest BCUT2D eigenvalue weighted by atomic mass is 10.1. The van der Waals surface area contributed by atoms with E-state index in [1.54, 1.807) is 0 Å². The average molecular weight is 422 g/mol. The normalized spacial score (nSPS) is 10.2. The van der Waals surface area contributed by atoms with E-state index in [0.29, 0.717) is 13.6 Å². The zero-order chi connectivity index (χ0) is 10.0. The largest absolute Gasteiger partial charge is 0.293 e. The van der Waals surface area contributed by atoms with Gasteiger partial charge in [-0.2, -0.15) is 0 Å². The Bertz CT molecular complexity index is 331. The lowest BCUT2D eigenvalue weighted by Gasteiger charge is -2.01. The van der Waals surface area contributed by atoms with E-state index < -0.39 is 0 Å². The molecule has 0 aliphatic carbocycles. The van der Waals surface area contributed by atoms with Gasteiger partial charge < -0.3 is 0 Å². The molecule has 1 nitrogen and oxygen atoms in total. The Morgan fingerprint density at radius 2 is 2.15 bits per heavy atom. The van der Waals surface area contributed by atoms with Crippen molar-refractivity contribution in [1.82, 2.24) is 0 Å². The quantitative estimate of drug-likeness (QED) is 0.307. The van der Waals surface area contributed by atoms with Gasteiger partial charge in [-0.15, -0.1) is 0 Å². The van der Waals surface area contributed by atoms with Gasteiger partial charge in [0.05, 0.1) is 13.4 Å². The van der Waals surface area contributed by atoms with Gasteiger partial charge in [-0.25, -0.2) is 4.39 Å². The van der Waals surface area contributed by atoms with Gasteiger partial charge in [-0.05, 0) is 50.7 Å². The second-order valence-corrected chi connectivity index (χ2v) is 4.89. The molecule has 0 unspecified atom stereocenters. The van der Waals surface area contributed by atoms with Crippen molar-refractivity contribution in [2.45, 2.75) is 0 Å². The predicted molar refractivity (Wildman–Crippen MR) is 64.9 cm³/mol. The molecule has 0 spiro atoms. The van der Waals surface area contributed by atoms with Crippen molar-refractivity contribution in [2.24, 2.45) is 0 Å². The van der Waals surface area contributed by atoms with Crippen LogP contribution in [0.2, 0.25) is 0 Å². The first-order valence-electron chi connectivity index (χ1n) is 3.30. The standard InChI is InChI=1S/C8H4Br2FIO/c9-3-7(13)4-1-5(10)8(11)6(12)2-4/h1-2H,3H2. The summed E-state index contributed by atoms with van der Waals surface area (Å²) in [6.45, 7) is 0. The Morgan fingerprint density at radius 1 is 1.54 bits per heavy atom. The van der Waals surface area contributed by atoms with Crippen LogP contribution in [0.3, 0.4) is 0 Å². The van der Waals surface area contributed by atoms with Gasteiger partial charge in [0.15, 0.2) is 11.6 Å². The summed E-state index contributed by atoms with van der Waals surface area (Å²) in [5.74, 6) is -0.384. The predicted octanol–water partition coefficient (Wildman–Crippen LogP) is 3.77. The maximum Gasteiger partial charge on any atom is 0.173 e. The highest BCUT2D eigenvalue weighted by molar-refractivity contribution is 14.1. The molecule has 0 bridgehead atoms. The van der Waals surface area contributed by atoms with Gasteiger partial charge in [0.2, 0.25) is 0 Å². The van der Waals surface area contributed by atoms with Crippen molar-refractivity contribution in [3.63, 3.8) is 0 Å². The Kier molecular flexibility index (Phi) is 4.31. The van der Waals surface area contributed by atoms with Crippen LogP contribution in [0.25, 0.3) is 0 Å². The number of hydrogen-bond acceptors (Lipinski definition) is 1. The van der Waals surface area contributed by atoms with Crippen LogP contribution in [0.1, 0.15) is 10.4 Å². The Hall–Kier alpha value is 0.510. The molecular formula is C8H4Br2FIO. The lowest BCUT2D eigenvalue weighted by Crippen LogP contribution is -2.01. The van der Waals surface area contributed by atoms with E-state index in [-0.39, 0.29) is 16.9 Å². The summed E-state index contributed by atoms with van der Waals surface area (Å²) in [6.07, 6.45) is 0. The maximum atomic E-state index is 13.1. The molecular weight excluding hydrogens is 418 g/mol. The molecule has 0 aliphatic rings. The van der Waals surface area contributed by atoms with Crippen LogP contribution in [-0.4, -0.2) is 11.1 Å². The van der Waals surface area contributed by atoms with Crippen LogP contribution in [0.5, 0.6) is 0 Å². The number of rotatable bonds is 2. The smallest absolute Gasteiger partial charge is 0.173 e. The van der Waals surface area contributed by atoms with Crippen LogP contribution in [0, 0.1) is 9.39 Å². The summed E-state index contributed by atoms with van der Waals surface area (Å²) < 4.78 is 13.9. The molecule has 0 saturated carbocycles. The fourth-order valence-electron chi connectivity index (χ4n) is 0.794. The molecule has 0 N–H and O–H groups in total. The van der Waals surface area contributed by atoms with E-state index in [2.05, 4.69) is 31.9 Å². The minimum absolute atomic E-state index is 0.0568. The topological polar surface area (TPSA) is 17.1 Å². The summed E-state index contributed by atoms with van der Waals surface area (Å²) in [6, 6.07) is 3.02. The van der Waals surface area contributed by atoms with Gasteiger partial charge in [-0.3, -0.25) is 4.79 Å². The molecule has 0 amide bonds. The summed E-state index contributed by atoms with van der Waals surface area (Å²) in [5, 5.41) is 0.251. The number of halogens is 4. The van der Waals surface area contributed by atoms with Crippen LogP contribution < -0.4 is 0 Å². The van der Waals surface area contributed by atoms with Crippen molar-refractivity contribution >= 4 is 60.2 Å². The van der Waals surface area contributed by atoms with Gasteiger partial charge in [-0.1, -0.05) is 15.9 Å². The molecule has 5 heteroatoms. The second-order valence-electron chi connectivity index (χ2n) is 2.31. The van der Waals surface area contributed by atoms with E-state index in [4.69, 9.17) is 0 Å². The first-order valence-corrected chi connectivity index (χ1v) is 6.29. The highest BCUT2D eigenvalue weighted by Gasteiger charge is 2.10. The van der Waals surface area contributed by atoms with Crippen molar-refractivity contribution in [3.05, 3.63) is 31.6 Å². The molecule has 1 rings (SSSR count). The molecule has 0 fully saturated rings. The number of alkyl halides is 1. The maximum absolute atomic E-state index is 13.1. The highest BCUT2D eigenvalue weighted by atomic mass is 127. The van der Waals surface area contributed by atoms with Gasteiger partial charge in [0, 0.05) is 5.56 Å². The van der Waals surface area contributed by atoms with Gasteiger partial charge in [0.25, 0.3) is 0 Å². The zero-order valence-electron chi connectivity index (χ0n) is 6.28. The average Bonchev–Trinajstić information content (AvgIpc) is 2.12. The third kappa shape index (κ3) is 2.73. The van der Waals surface area contributed by atoms with Crippen molar-refractivity contribution in [1.29, 1.82) is 0 Å². The zero-order valence-corrected chi connectivity index (χ0v) is 11.6. The van der Waals surface area contributed by atoms with E-state index in [1.807, 2.05) is 22.6 Å². The van der Waals surface area contributed by atoms with Crippen LogP contribution in [-0.2, 0) is 0 Å². The number of benzene rings is 1. The van der Waals surface area contributed by atoms with Gasteiger partial charge in [0.1, 0.15) is 0 Å². The van der Waals surface area contributed by atoms with Gasteiger partial charge >= 0.3 is 0 Å². The van der Waals surface area contributed by atoms with Crippen molar-refractivity contribution < 1.29 is 9.18 Å². The molecule has 0 atom stereocenters. The summed E-state index contributed by atoms with van der Waals surface area (Å²) >= 11 is 7.96. The number of hydrogen-bond donors (Lipinski definition) is 0. The number of ketones is 1. The molecule has 0 aliphatic heterocycles. The van der Waals surface area contributed by atoms with E-state index in [9.17, 15) is 9.18 Å². The highest BCUT2D eigenvalue weighted by Crippen LogP contribution is 2.23. The van der Waals surface area contributed by atoms with Crippen molar-refractivity contribution in [3.8, 4) is 0 Å². The van der Waals surface area contributed by atoms with E-state index in [0.717, 1.165) is 0 Å². The fraction of sp³-hybridized carbons (Fsp3) is 0.125. The third-order valence-electron chi connectivity index (χ3n) is 1.43. The molecule has 1 aromatic rings. The lowest BCUT2D eigenvalue weighted by molar-refractivity contribution is 0.102. The molecule has 0 radical (unpaired) electrons. The molecule has 13 heavy (non-hydrogen) atoms. The minimum atomic E-state index is -0.327. The molecule has 0 aromatic heterocycles. The Morgan fingerprint density at radius 3 is 2.62 bits per heavy atom. The van der Waals surface area contributed by atoms with E-state index >= 15 is 0 Å². The molecule has 70 valence electrons. The first-order chi connectivity index (χ1) is 6.06. The van der Waals surface area contributed by atoms with Crippen LogP contribution in [0.15, 0.2) is 16.6 Å². The summed E-state index contributed by atoms with van der Waals surface area (Å²) in [5.41, 5.74) is 0.509. The molecule has 0 saturated heterocycles. The first kappa shape index (κ1) is 11.6. The number of Topliss-reactive ketones (excluding diaryl/α,β-unsaturated/α-hetero) is 1. The van der Waals surface area contributed by atoms with Crippen LogP contribution >= 0.6 is 54.5 Å². The summed E-state index contributed by atoms with van der Waals surface area (Å²) in [7, 11) is 0. The van der Waals surface area contributed by atoms with Crippen LogP contribution in [0.4, 0.5) is 4.39 Å². The Balaban J connectivity index is 3.20. The number of carbonyl (C=O) groups excluding carboxylic acids is 1. The fourth-order valence-corrected chi connectivity index (χ4v) is 2.57. The SMILES string of the molecule is O=C(CBr)c1cc(Br)c(F)c(I)c1. The van der Waals surface area contributed by atoms with Crippen molar-refractivity contribution in [2.75, 3.05) is 5.33 Å². The molecule has 0 heterocycles. The minimum Gasteiger partial charge on any atom is -0.293 e. The Labute approximate surface area is 105 Å². The second kappa shape index (κ2) is 4.84. The molecule has 1 aromatic carbocycles. The third-order valence-corrected chi connectivity index (χ3v) is 3.30. The monoisotopic (exact) mass is 420 g/mol. The van der Waals surface area contributed by atoms with E-state index in [1.165, 1.54) is 12.1 Å².